The normalized spacial score (nSPS) is 10.2. The lowest BCUT2D eigenvalue weighted by molar-refractivity contribution is 0.304. The molecule has 2 aromatic rings. The summed E-state index contributed by atoms with van der Waals surface area (Å²) >= 11 is 3.40. The Hall–Kier alpha value is -1.88. The van der Waals surface area contributed by atoms with Crippen LogP contribution in [0.2, 0.25) is 0 Å². The van der Waals surface area contributed by atoms with Crippen molar-refractivity contribution >= 4 is 27.3 Å². The number of anilines is 2. The van der Waals surface area contributed by atoms with Gasteiger partial charge in [-0.2, -0.15) is 0 Å². The quantitative estimate of drug-likeness (QED) is 0.848. The van der Waals surface area contributed by atoms with Crippen LogP contribution in [0, 0.1) is 0 Å². The van der Waals surface area contributed by atoms with Gasteiger partial charge in [-0.15, -0.1) is 0 Å². The van der Waals surface area contributed by atoms with E-state index in [2.05, 4.69) is 15.9 Å². The number of benzene rings is 2. The van der Waals surface area contributed by atoms with Crippen LogP contribution in [0.15, 0.2) is 40.9 Å². The Morgan fingerprint density at radius 2 is 1.68 bits per heavy atom. The highest BCUT2D eigenvalue weighted by molar-refractivity contribution is 9.10. The van der Waals surface area contributed by atoms with Gasteiger partial charge >= 0.3 is 0 Å². The van der Waals surface area contributed by atoms with E-state index in [-0.39, 0.29) is 0 Å². The van der Waals surface area contributed by atoms with E-state index in [1.54, 1.807) is 19.2 Å². The zero-order valence-corrected chi connectivity index (χ0v) is 12.1. The lowest BCUT2D eigenvalue weighted by Gasteiger charge is -2.11. The summed E-state index contributed by atoms with van der Waals surface area (Å²) in [5, 5.41) is 0. The van der Waals surface area contributed by atoms with E-state index in [1.165, 1.54) is 0 Å². The number of rotatable bonds is 4. The van der Waals surface area contributed by atoms with Crippen LogP contribution < -0.4 is 20.9 Å². The summed E-state index contributed by atoms with van der Waals surface area (Å²) in [6, 6.07) is 11.1. The zero-order chi connectivity index (χ0) is 13.8. The molecule has 0 amide bonds. The first-order valence-corrected chi connectivity index (χ1v) is 6.49. The molecule has 4 nitrogen and oxygen atoms in total. The van der Waals surface area contributed by atoms with Crippen LogP contribution in [-0.4, -0.2) is 7.11 Å². The number of nitrogens with two attached hydrogens (primary N) is 2. The molecule has 0 bridgehead atoms. The molecule has 0 heterocycles. The summed E-state index contributed by atoms with van der Waals surface area (Å²) in [4.78, 5) is 0. The van der Waals surface area contributed by atoms with E-state index < -0.39 is 0 Å². The SMILES string of the molecule is COc1ccc(COc2cc(N)c(N)cc2Br)cc1. The number of nitrogen functional groups attached to an aromatic ring is 2. The summed E-state index contributed by atoms with van der Waals surface area (Å²) in [6.07, 6.45) is 0. The van der Waals surface area contributed by atoms with E-state index in [9.17, 15) is 0 Å². The third-order valence-electron chi connectivity index (χ3n) is 2.69. The van der Waals surface area contributed by atoms with Crippen LogP contribution in [0.4, 0.5) is 11.4 Å². The second-order valence-corrected chi connectivity index (χ2v) is 4.90. The second-order valence-electron chi connectivity index (χ2n) is 4.05. The summed E-state index contributed by atoms with van der Waals surface area (Å²) in [7, 11) is 1.64. The molecular weight excluding hydrogens is 308 g/mol. The maximum Gasteiger partial charge on any atom is 0.136 e. The smallest absolute Gasteiger partial charge is 0.136 e. The van der Waals surface area contributed by atoms with Gasteiger partial charge in [-0.3, -0.25) is 0 Å². The maximum atomic E-state index is 5.75. The molecule has 5 heteroatoms. The summed E-state index contributed by atoms with van der Waals surface area (Å²) in [5.41, 5.74) is 13.5. The molecule has 0 unspecified atom stereocenters. The van der Waals surface area contributed by atoms with E-state index >= 15 is 0 Å². The molecule has 0 aromatic heterocycles. The first kappa shape index (κ1) is 13.5. The predicted molar refractivity (Wildman–Crippen MR) is 80.3 cm³/mol. The summed E-state index contributed by atoms with van der Waals surface area (Å²) < 4.78 is 11.6. The van der Waals surface area contributed by atoms with Crippen molar-refractivity contribution in [1.82, 2.24) is 0 Å². The van der Waals surface area contributed by atoms with Gasteiger partial charge in [0.05, 0.1) is 23.0 Å². The largest absolute Gasteiger partial charge is 0.497 e. The fourth-order valence-corrected chi connectivity index (χ4v) is 2.05. The van der Waals surface area contributed by atoms with Crippen LogP contribution in [0.5, 0.6) is 11.5 Å². The van der Waals surface area contributed by atoms with Gasteiger partial charge < -0.3 is 20.9 Å². The Bertz CT molecular complexity index is 570. The molecule has 4 N–H and O–H groups in total. The Morgan fingerprint density at radius 3 is 2.32 bits per heavy atom. The topological polar surface area (TPSA) is 70.5 Å². The lowest BCUT2D eigenvalue weighted by Crippen LogP contribution is -1.99. The van der Waals surface area contributed by atoms with Crippen molar-refractivity contribution in [3.05, 3.63) is 46.4 Å². The van der Waals surface area contributed by atoms with Gasteiger partial charge in [0.1, 0.15) is 18.1 Å². The minimum atomic E-state index is 0.450. The zero-order valence-electron chi connectivity index (χ0n) is 10.5. The van der Waals surface area contributed by atoms with Crippen LogP contribution in [0.3, 0.4) is 0 Å². The van der Waals surface area contributed by atoms with Gasteiger partial charge in [0.2, 0.25) is 0 Å². The molecular formula is C14H15BrN2O2. The Morgan fingerprint density at radius 1 is 1.05 bits per heavy atom. The molecule has 0 atom stereocenters. The molecule has 100 valence electrons. The second kappa shape index (κ2) is 5.84. The highest BCUT2D eigenvalue weighted by Gasteiger charge is 2.05. The van der Waals surface area contributed by atoms with Gasteiger partial charge in [-0.25, -0.2) is 0 Å². The molecule has 0 aliphatic heterocycles. The Kier molecular flexibility index (Phi) is 4.16. The van der Waals surface area contributed by atoms with Crippen LogP contribution in [-0.2, 0) is 6.61 Å². The van der Waals surface area contributed by atoms with Crippen LogP contribution in [0.25, 0.3) is 0 Å². The van der Waals surface area contributed by atoms with E-state index in [1.807, 2.05) is 24.3 Å². The Labute approximate surface area is 120 Å². The maximum absolute atomic E-state index is 5.75. The number of hydrogen-bond donors (Lipinski definition) is 2. The molecule has 0 radical (unpaired) electrons. The van der Waals surface area contributed by atoms with E-state index in [0.29, 0.717) is 23.7 Å². The fourth-order valence-electron chi connectivity index (χ4n) is 1.58. The van der Waals surface area contributed by atoms with Crippen molar-refractivity contribution in [2.45, 2.75) is 6.61 Å². The third-order valence-corrected chi connectivity index (χ3v) is 3.31. The molecule has 19 heavy (non-hydrogen) atoms. The highest BCUT2D eigenvalue weighted by Crippen LogP contribution is 2.32. The molecule has 0 aliphatic carbocycles. The monoisotopic (exact) mass is 322 g/mol. The molecule has 2 rings (SSSR count). The fraction of sp³-hybridized carbons (Fsp3) is 0.143. The molecule has 0 saturated carbocycles. The van der Waals surface area contributed by atoms with Gasteiger partial charge in [0.25, 0.3) is 0 Å². The third kappa shape index (κ3) is 3.32. The number of methoxy groups -OCH3 is 1. The van der Waals surface area contributed by atoms with Crippen molar-refractivity contribution < 1.29 is 9.47 Å². The number of halogens is 1. The summed E-state index contributed by atoms with van der Waals surface area (Å²) in [6.45, 7) is 0.450. The minimum Gasteiger partial charge on any atom is -0.497 e. The molecule has 0 spiro atoms. The number of hydrogen-bond acceptors (Lipinski definition) is 4. The minimum absolute atomic E-state index is 0.450. The van der Waals surface area contributed by atoms with Crippen LogP contribution >= 0.6 is 15.9 Å². The molecule has 2 aromatic carbocycles. The predicted octanol–water partition coefficient (Wildman–Crippen LogP) is 3.20. The first-order valence-electron chi connectivity index (χ1n) is 5.70. The summed E-state index contributed by atoms with van der Waals surface area (Å²) in [5.74, 6) is 1.49. The average Bonchev–Trinajstić information content (AvgIpc) is 2.42. The van der Waals surface area contributed by atoms with Crippen molar-refractivity contribution in [2.24, 2.45) is 0 Å². The van der Waals surface area contributed by atoms with Crippen molar-refractivity contribution in [3.63, 3.8) is 0 Å². The average molecular weight is 323 g/mol. The highest BCUT2D eigenvalue weighted by atomic mass is 79.9. The Balaban J connectivity index is 2.07. The van der Waals surface area contributed by atoms with E-state index in [4.69, 9.17) is 20.9 Å². The lowest BCUT2D eigenvalue weighted by atomic mass is 10.2. The standard InChI is InChI=1S/C14H15BrN2O2/c1-18-10-4-2-9(3-5-10)8-19-14-7-13(17)12(16)6-11(14)15/h2-7H,8,16-17H2,1H3. The molecule has 0 aliphatic rings. The first-order chi connectivity index (χ1) is 9.10. The molecule has 0 saturated heterocycles. The van der Waals surface area contributed by atoms with Crippen molar-refractivity contribution in [3.8, 4) is 11.5 Å². The molecule has 0 fully saturated rings. The van der Waals surface area contributed by atoms with Gasteiger partial charge in [-0.1, -0.05) is 12.1 Å². The van der Waals surface area contributed by atoms with E-state index in [0.717, 1.165) is 15.8 Å². The van der Waals surface area contributed by atoms with Gasteiger partial charge in [0, 0.05) is 6.07 Å². The van der Waals surface area contributed by atoms with Crippen LogP contribution in [0.1, 0.15) is 5.56 Å². The number of ether oxygens (including phenoxy) is 2. The van der Waals surface area contributed by atoms with Gasteiger partial charge in [-0.05, 0) is 39.7 Å². The van der Waals surface area contributed by atoms with Gasteiger partial charge in [0.15, 0.2) is 0 Å². The van der Waals surface area contributed by atoms with Crippen molar-refractivity contribution in [2.75, 3.05) is 18.6 Å². The van der Waals surface area contributed by atoms with Crippen molar-refractivity contribution in [1.29, 1.82) is 0 Å².